The van der Waals surface area contributed by atoms with Gasteiger partial charge in [0.2, 0.25) is 10.0 Å². The Bertz CT molecular complexity index is 654. The van der Waals surface area contributed by atoms with Crippen LogP contribution in [0.4, 0.5) is 0 Å². The van der Waals surface area contributed by atoms with Crippen LogP contribution in [0.15, 0.2) is 23.1 Å². The molecule has 0 fully saturated rings. The third-order valence-corrected chi connectivity index (χ3v) is 4.69. The van der Waals surface area contributed by atoms with E-state index >= 15 is 0 Å². The largest absolute Gasteiger partial charge is 0.497 e. The molecule has 0 aliphatic carbocycles. The summed E-state index contributed by atoms with van der Waals surface area (Å²) < 4.78 is 42.6. The molecule has 0 aliphatic heterocycles. The van der Waals surface area contributed by atoms with Gasteiger partial charge in [-0.2, -0.15) is 9.98 Å². The van der Waals surface area contributed by atoms with Crippen molar-refractivity contribution < 1.29 is 22.6 Å². The second-order valence-corrected chi connectivity index (χ2v) is 6.46. The van der Waals surface area contributed by atoms with Gasteiger partial charge in [-0.15, -0.1) is 0 Å². The van der Waals surface area contributed by atoms with Gasteiger partial charge in [-0.05, 0) is 19.1 Å². The Labute approximate surface area is 130 Å². The Kier molecular flexibility index (Phi) is 6.17. The molecule has 0 amide bonds. The fourth-order valence-electron chi connectivity index (χ4n) is 1.78. The smallest absolute Gasteiger partial charge is 0.245 e. The predicted molar refractivity (Wildman–Crippen MR) is 80.4 cm³/mol. The number of nitriles is 1. The molecule has 122 valence electrons. The maximum absolute atomic E-state index is 12.6. The molecule has 1 atom stereocenters. The second-order valence-electron chi connectivity index (χ2n) is 4.81. The Balaban J connectivity index is 3.21. The number of benzene rings is 1. The molecule has 1 N–H and O–H groups in total. The quantitative estimate of drug-likeness (QED) is 0.772. The zero-order valence-corrected chi connectivity index (χ0v) is 13.9. The number of nitrogens with one attached hydrogen (secondary N) is 1. The molecule has 0 heterocycles. The minimum atomic E-state index is -3.97. The number of methoxy groups -OCH3 is 3. The molecule has 0 bridgehead atoms. The zero-order chi connectivity index (χ0) is 16.8. The van der Waals surface area contributed by atoms with Crippen molar-refractivity contribution >= 4 is 10.0 Å². The minimum Gasteiger partial charge on any atom is -0.497 e. The molecule has 0 saturated heterocycles. The molecule has 0 saturated carbocycles. The number of nitrogens with zero attached hydrogens (tertiary/aromatic N) is 1. The van der Waals surface area contributed by atoms with Gasteiger partial charge in [0, 0.05) is 26.2 Å². The second kappa shape index (κ2) is 7.45. The molecule has 0 unspecified atom stereocenters. The van der Waals surface area contributed by atoms with Crippen molar-refractivity contribution in [3.05, 3.63) is 18.2 Å². The van der Waals surface area contributed by atoms with E-state index in [1.165, 1.54) is 40.4 Å². The Morgan fingerprint density at radius 1 is 1.27 bits per heavy atom. The summed E-state index contributed by atoms with van der Waals surface area (Å²) in [6.07, 6.45) is 0.214. The van der Waals surface area contributed by atoms with Gasteiger partial charge < -0.3 is 14.2 Å². The van der Waals surface area contributed by atoms with Crippen molar-refractivity contribution in [2.75, 3.05) is 27.9 Å². The summed E-state index contributed by atoms with van der Waals surface area (Å²) in [6.45, 7) is 1.75. The number of ether oxygens (including phenoxy) is 3. The first-order chi connectivity index (χ1) is 10.3. The lowest BCUT2D eigenvalue weighted by Crippen LogP contribution is -2.45. The van der Waals surface area contributed by atoms with Crippen molar-refractivity contribution in [1.29, 1.82) is 5.26 Å². The van der Waals surface area contributed by atoms with Crippen LogP contribution in [0.5, 0.6) is 11.5 Å². The third-order valence-electron chi connectivity index (χ3n) is 3.07. The highest BCUT2D eigenvalue weighted by molar-refractivity contribution is 7.89. The maximum Gasteiger partial charge on any atom is 0.245 e. The molecular formula is C14H20N2O5S. The zero-order valence-electron chi connectivity index (χ0n) is 13.0. The van der Waals surface area contributed by atoms with E-state index in [-0.39, 0.29) is 23.7 Å². The van der Waals surface area contributed by atoms with Gasteiger partial charge in [0.25, 0.3) is 0 Å². The fraction of sp³-hybridized carbons (Fsp3) is 0.500. The third kappa shape index (κ3) is 4.34. The highest BCUT2D eigenvalue weighted by Gasteiger charge is 2.32. The Morgan fingerprint density at radius 3 is 2.45 bits per heavy atom. The van der Waals surface area contributed by atoms with Crippen molar-refractivity contribution in [3.8, 4) is 17.6 Å². The number of hydrogen-bond donors (Lipinski definition) is 1. The topological polar surface area (TPSA) is 97.7 Å². The monoisotopic (exact) mass is 328 g/mol. The van der Waals surface area contributed by atoms with E-state index in [1.807, 2.05) is 6.07 Å². The molecule has 1 aromatic rings. The summed E-state index contributed by atoms with van der Waals surface area (Å²) in [5.41, 5.74) is -1.29. The highest BCUT2D eigenvalue weighted by Crippen LogP contribution is 2.29. The summed E-state index contributed by atoms with van der Waals surface area (Å²) in [7, 11) is 0.319. The summed E-state index contributed by atoms with van der Waals surface area (Å²) >= 11 is 0. The van der Waals surface area contributed by atoms with Crippen molar-refractivity contribution in [3.63, 3.8) is 0 Å². The number of rotatable bonds is 8. The molecule has 0 aromatic heterocycles. The molecule has 1 aromatic carbocycles. The highest BCUT2D eigenvalue weighted by atomic mass is 32.2. The molecule has 0 aliphatic rings. The number of hydrogen-bond acceptors (Lipinski definition) is 6. The van der Waals surface area contributed by atoms with Crippen molar-refractivity contribution in [1.82, 2.24) is 4.72 Å². The molecule has 0 spiro atoms. The first-order valence-electron chi connectivity index (χ1n) is 6.48. The van der Waals surface area contributed by atoms with Gasteiger partial charge in [-0.25, -0.2) is 8.42 Å². The SMILES string of the molecule is COCC[C@](C)(C#N)NS(=O)(=O)c1cc(OC)ccc1OC. The molecule has 7 nitrogen and oxygen atoms in total. The molecule has 22 heavy (non-hydrogen) atoms. The molecule has 1 rings (SSSR count). The average molecular weight is 328 g/mol. The summed E-state index contributed by atoms with van der Waals surface area (Å²) in [4.78, 5) is -0.0896. The van der Waals surface area contributed by atoms with Crippen LogP contribution in [-0.4, -0.2) is 41.9 Å². The van der Waals surface area contributed by atoms with Gasteiger partial charge in [-0.1, -0.05) is 0 Å². The van der Waals surface area contributed by atoms with Gasteiger partial charge in [0.15, 0.2) is 0 Å². The first-order valence-corrected chi connectivity index (χ1v) is 7.96. The summed E-state index contributed by atoms with van der Waals surface area (Å²) in [6, 6.07) is 6.39. The van der Waals surface area contributed by atoms with Crippen LogP contribution in [-0.2, 0) is 14.8 Å². The van der Waals surface area contributed by atoms with E-state index in [0.29, 0.717) is 5.75 Å². The Morgan fingerprint density at radius 2 is 1.95 bits per heavy atom. The lowest BCUT2D eigenvalue weighted by Gasteiger charge is -2.23. The van der Waals surface area contributed by atoms with Crippen LogP contribution in [0.1, 0.15) is 13.3 Å². The van der Waals surface area contributed by atoms with Crippen LogP contribution < -0.4 is 14.2 Å². The van der Waals surface area contributed by atoms with Gasteiger partial charge in [-0.3, -0.25) is 0 Å². The van der Waals surface area contributed by atoms with Crippen molar-refractivity contribution in [2.45, 2.75) is 23.8 Å². The number of sulfonamides is 1. The van der Waals surface area contributed by atoms with E-state index in [1.54, 1.807) is 6.07 Å². The Hall–Kier alpha value is -1.82. The van der Waals surface area contributed by atoms with Crippen LogP contribution in [0, 0.1) is 11.3 Å². The fourth-order valence-corrected chi connectivity index (χ4v) is 3.32. The normalized spacial score (nSPS) is 14.0. The van der Waals surface area contributed by atoms with Crippen LogP contribution in [0.25, 0.3) is 0 Å². The van der Waals surface area contributed by atoms with Crippen LogP contribution >= 0.6 is 0 Å². The predicted octanol–water partition coefficient (Wildman–Crippen LogP) is 1.30. The van der Waals surface area contributed by atoms with E-state index in [0.717, 1.165) is 0 Å². The summed E-state index contributed by atoms with van der Waals surface area (Å²) in [5.74, 6) is 0.539. The van der Waals surface area contributed by atoms with Gasteiger partial charge >= 0.3 is 0 Å². The lowest BCUT2D eigenvalue weighted by atomic mass is 10.0. The molecule has 8 heteroatoms. The van der Waals surface area contributed by atoms with E-state index in [4.69, 9.17) is 14.2 Å². The minimum absolute atomic E-state index is 0.0896. The van der Waals surface area contributed by atoms with Gasteiger partial charge in [0.05, 0.1) is 20.3 Å². The molecule has 0 radical (unpaired) electrons. The van der Waals surface area contributed by atoms with E-state index in [9.17, 15) is 13.7 Å². The first kappa shape index (κ1) is 18.2. The van der Waals surface area contributed by atoms with Gasteiger partial charge in [0.1, 0.15) is 21.9 Å². The maximum atomic E-state index is 12.6. The van der Waals surface area contributed by atoms with Crippen LogP contribution in [0.2, 0.25) is 0 Å². The van der Waals surface area contributed by atoms with Crippen LogP contribution in [0.3, 0.4) is 0 Å². The standard InChI is InChI=1S/C14H20N2O5S/c1-14(10-15,7-8-19-2)16-22(17,18)13-9-11(20-3)5-6-12(13)21-4/h5-6,9,16H,7-8H2,1-4H3/t14-/m1/s1. The van der Waals surface area contributed by atoms with Crippen molar-refractivity contribution in [2.24, 2.45) is 0 Å². The average Bonchev–Trinajstić information content (AvgIpc) is 2.51. The van der Waals surface area contributed by atoms with E-state index in [2.05, 4.69) is 4.72 Å². The van der Waals surface area contributed by atoms with E-state index < -0.39 is 15.6 Å². The lowest BCUT2D eigenvalue weighted by molar-refractivity contribution is 0.179. The summed E-state index contributed by atoms with van der Waals surface area (Å²) in [5, 5.41) is 9.26. The molecular weight excluding hydrogens is 308 g/mol.